The average Bonchev–Trinajstić information content (AvgIpc) is 3.32. The number of carbonyl (C=O) groups is 4. The van der Waals surface area contributed by atoms with Gasteiger partial charge in [0.2, 0.25) is 11.9 Å². The zero-order valence-electron chi connectivity index (χ0n) is 36.6. The number of Topliss-reactive ketones (excluding diaryl/α,β-unsaturated/α-hetero) is 1. The molecule has 17 nitrogen and oxygen atoms in total. The molecule has 2 N–H and O–H groups in total. The van der Waals surface area contributed by atoms with Gasteiger partial charge in [0.25, 0.3) is 11.1 Å². The third kappa shape index (κ3) is 9.84. The topological polar surface area (TPSA) is 216 Å². The number of aromatic nitrogens is 6. The van der Waals surface area contributed by atoms with Crippen LogP contribution in [0.1, 0.15) is 66.7 Å². The van der Waals surface area contributed by atoms with E-state index in [0.29, 0.717) is 85.6 Å². The lowest BCUT2D eigenvalue weighted by molar-refractivity contribution is 0.0524. The van der Waals surface area contributed by atoms with E-state index in [4.69, 9.17) is 14.2 Å². The van der Waals surface area contributed by atoms with E-state index in [9.17, 15) is 28.8 Å². The monoisotopic (exact) mass is 886 g/mol. The number of ketones is 1. The fourth-order valence-electron chi connectivity index (χ4n) is 6.82. The Morgan fingerprint density at radius 2 is 0.864 bits per heavy atom. The second-order valence-electron chi connectivity index (χ2n) is 14.5. The lowest BCUT2D eigenvalue weighted by Gasteiger charge is -2.13. The van der Waals surface area contributed by atoms with Crippen molar-refractivity contribution in [2.45, 2.75) is 27.7 Å². The maximum atomic E-state index is 12.8. The molecule has 0 saturated heterocycles. The summed E-state index contributed by atoms with van der Waals surface area (Å²) in [6, 6.07) is 33.0. The number of fused-ring (bicyclic) bond motifs is 2. The molecule has 332 valence electrons. The van der Waals surface area contributed by atoms with Crippen molar-refractivity contribution in [3.8, 4) is 11.4 Å². The van der Waals surface area contributed by atoms with Gasteiger partial charge in [0.1, 0.15) is 0 Å². The first-order valence-electron chi connectivity index (χ1n) is 20.4. The smallest absolute Gasteiger partial charge is 0.338 e. The highest BCUT2D eigenvalue weighted by molar-refractivity contribution is 5.94. The van der Waals surface area contributed by atoms with Gasteiger partial charge >= 0.3 is 17.9 Å². The molecule has 4 aromatic carbocycles. The molecule has 0 bridgehead atoms. The Hall–Kier alpha value is -8.86. The Labute approximate surface area is 376 Å². The Balaban J connectivity index is 0.000000196. The van der Waals surface area contributed by atoms with Crippen molar-refractivity contribution < 1.29 is 33.4 Å². The van der Waals surface area contributed by atoms with Gasteiger partial charge < -0.3 is 24.8 Å². The molecule has 0 aliphatic rings. The normalized spacial score (nSPS) is 10.7. The van der Waals surface area contributed by atoms with Crippen LogP contribution < -0.4 is 21.8 Å². The minimum atomic E-state index is -0.463. The van der Waals surface area contributed by atoms with Gasteiger partial charge in [-0.2, -0.15) is 9.97 Å². The van der Waals surface area contributed by atoms with Crippen LogP contribution in [0.15, 0.2) is 131 Å². The predicted octanol–water partition coefficient (Wildman–Crippen LogP) is 7.62. The molecule has 8 aromatic rings. The van der Waals surface area contributed by atoms with Crippen molar-refractivity contribution in [1.82, 2.24) is 29.1 Å². The lowest BCUT2D eigenvalue weighted by atomic mass is 10.1. The molecule has 0 spiro atoms. The molecule has 4 heterocycles. The zero-order chi connectivity index (χ0) is 47.1. The van der Waals surface area contributed by atoms with Gasteiger partial charge in [-0.05, 0) is 137 Å². The third-order valence-corrected chi connectivity index (χ3v) is 10.2. The molecule has 17 heteroatoms. The van der Waals surface area contributed by atoms with Crippen LogP contribution in [-0.4, -0.2) is 73.6 Å². The molecule has 66 heavy (non-hydrogen) atoms. The number of methoxy groups -OCH3 is 2. The quantitative estimate of drug-likeness (QED) is 0.0726. The molecule has 4 aromatic heterocycles. The molecule has 0 radical (unpaired) electrons. The maximum Gasteiger partial charge on any atom is 0.338 e. The van der Waals surface area contributed by atoms with E-state index >= 15 is 0 Å². The minimum absolute atomic E-state index is 0.0505. The van der Waals surface area contributed by atoms with E-state index in [1.165, 1.54) is 42.4 Å². The SMILES string of the molecule is CCOC(=O)c1ccc(Nc2nc(C)c3ccc(=O)n(-c4ccc(C(C)=O)cc4)c3n2)cc1.COC(=O)c1ccc(Nc2nc(C)c3ccc(=O)n(-c4ccc(C(=O)OC)cc4)c3n2)cc1. The van der Waals surface area contributed by atoms with Crippen LogP contribution in [0.25, 0.3) is 33.4 Å². The number of anilines is 4. The van der Waals surface area contributed by atoms with Gasteiger partial charge in [-0.3, -0.25) is 23.5 Å². The number of carbonyl (C=O) groups excluding carboxylic acids is 4. The Morgan fingerprint density at radius 3 is 1.23 bits per heavy atom. The summed E-state index contributed by atoms with van der Waals surface area (Å²) in [5.41, 5.74) is 5.97. The summed E-state index contributed by atoms with van der Waals surface area (Å²) in [6.45, 7) is 7.22. The third-order valence-electron chi connectivity index (χ3n) is 10.2. The second-order valence-corrected chi connectivity index (χ2v) is 14.5. The number of nitrogens with zero attached hydrogens (tertiary/aromatic N) is 6. The summed E-state index contributed by atoms with van der Waals surface area (Å²) in [5, 5.41) is 7.66. The molecule has 0 unspecified atom stereocenters. The van der Waals surface area contributed by atoms with Gasteiger partial charge in [0, 0.05) is 39.8 Å². The number of hydrogen-bond donors (Lipinski definition) is 2. The van der Waals surface area contributed by atoms with Crippen molar-refractivity contribution in [1.29, 1.82) is 0 Å². The summed E-state index contributed by atoms with van der Waals surface area (Å²) in [5.74, 6) is -0.733. The van der Waals surface area contributed by atoms with Crippen molar-refractivity contribution in [2.24, 2.45) is 0 Å². The Kier molecular flexibility index (Phi) is 13.5. The van der Waals surface area contributed by atoms with Crippen LogP contribution in [-0.2, 0) is 14.2 Å². The van der Waals surface area contributed by atoms with E-state index in [-0.39, 0.29) is 28.8 Å². The van der Waals surface area contributed by atoms with Crippen molar-refractivity contribution >= 4 is 69.0 Å². The Bertz CT molecular complexity index is 3260. The molecule has 8 rings (SSSR count). The van der Waals surface area contributed by atoms with Gasteiger partial charge in [-0.15, -0.1) is 0 Å². The van der Waals surface area contributed by atoms with Crippen molar-refractivity contribution in [3.05, 3.63) is 176 Å². The fraction of sp³-hybridized carbons (Fsp3) is 0.143. The van der Waals surface area contributed by atoms with Gasteiger partial charge in [0.05, 0.1) is 60.3 Å². The Morgan fingerprint density at radius 1 is 0.500 bits per heavy atom. The van der Waals surface area contributed by atoms with E-state index in [1.807, 2.05) is 13.8 Å². The maximum absolute atomic E-state index is 12.8. The van der Waals surface area contributed by atoms with Crippen LogP contribution >= 0.6 is 0 Å². The van der Waals surface area contributed by atoms with Crippen LogP contribution in [0.2, 0.25) is 0 Å². The summed E-state index contributed by atoms with van der Waals surface area (Å²) >= 11 is 0. The number of hydrogen-bond acceptors (Lipinski definition) is 15. The number of rotatable bonds is 11. The van der Waals surface area contributed by atoms with Crippen LogP contribution in [0, 0.1) is 13.8 Å². The standard InChI is InChI=1S/C25H22N4O4.C24H20N4O5/c1-4-33-24(32)18-5-9-19(10-6-18)27-25-26-15(2)21-13-14-22(31)29(23(21)28-25)20-11-7-17(8-12-20)16(3)30;1-14-19-12-13-20(29)28(18-10-6-16(7-11-18)23(31)33-3)21(19)27-24(25-14)26-17-8-4-15(5-9-17)22(30)32-2/h5-14H,4H2,1-3H3,(H,26,27,28);4-13H,1-3H3,(H,25,26,27). The van der Waals surface area contributed by atoms with Crippen molar-refractivity contribution in [3.63, 3.8) is 0 Å². The van der Waals surface area contributed by atoms with E-state index < -0.39 is 11.9 Å². The molecule has 0 fully saturated rings. The summed E-state index contributed by atoms with van der Waals surface area (Å²) in [6.07, 6.45) is 0. The second kappa shape index (κ2) is 19.7. The molecule has 0 aliphatic heterocycles. The van der Waals surface area contributed by atoms with E-state index in [1.54, 1.807) is 116 Å². The average molecular weight is 887 g/mol. The van der Waals surface area contributed by atoms with Crippen molar-refractivity contribution in [2.75, 3.05) is 31.5 Å². The molecule has 0 aliphatic carbocycles. The number of pyridine rings is 2. The number of nitrogens with one attached hydrogen (secondary N) is 2. The summed E-state index contributed by atoms with van der Waals surface area (Å²) in [4.78, 5) is 90.5. The first-order valence-corrected chi connectivity index (χ1v) is 20.4. The van der Waals surface area contributed by atoms with Crippen LogP contribution in [0.5, 0.6) is 0 Å². The highest BCUT2D eigenvalue weighted by Crippen LogP contribution is 2.24. The first-order chi connectivity index (χ1) is 31.8. The zero-order valence-corrected chi connectivity index (χ0v) is 36.6. The van der Waals surface area contributed by atoms with Crippen LogP contribution in [0.3, 0.4) is 0 Å². The number of ether oxygens (including phenoxy) is 3. The molecular weight excluding hydrogens is 845 g/mol. The van der Waals surface area contributed by atoms with E-state index in [2.05, 4.69) is 30.6 Å². The summed E-state index contributed by atoms with van der Waals surface area (Å²) < 4.78 is 17.4. The fourth-order valence-corrected chi connectivity index (χ4v) is 6.82. The number of aryl methyl sites for hydroxylation is 2. The highest BCUT2D eigenvalue weighted by Gasteiger charge is 2.16. The van der Waals surface area contributed by atoms with Crippen LogP contribution in [0.4, 0.5) is 23.3 Å². The van der Waals surface area contributed by atoms with Gasteiger partial charge in [0.15, 0.2) is 17.1 Å². The molecule has 0 amide bonds. The first kappa shape index (κ1) is 45.2. The minimum Gasteiger partial charge on any atom is -0.465 e. The van der Waals surface area contributed by atoms with E-state index in [0.717, 1.165) is 5.39 Å². The number of benzene rings is 4. The largest absolute Gasteiger partial charge is 0.465 e. The summed E-state index contributed by atoms with van der Waals surface area (Å²) in [7, 11) is 2.63. The molecular formula is C49H42N8O9. The predicted molar refractivity (Wildman–Crippen MR) is 248 cm³/mol. The van der Waals surface area contributed by atoms with Gasteiger partial charge in [-0.1, -0.05) is 0 Å². The highest BCUT2D eigenvalue weighted by atomic mass is 16.5. The van der Waals surface area contributed by atoms with Gasteiger partial charge in [-0.25, -0.2) is 24.4 Å². The molecule has 0 saturated carbocycles. The lowest BCUT2D eigenvalue weighted by Crippen LogP contribution is -2.19. The number of esters is 3. The molecule has 0 atom stereocenters.